The van der Waals surface area contributed by atoms with Gasteiger partial charge in [-0.15, -0.1) is 0 Å². The van der Waals surface area contributed by atoms with Gasteiger partial charge in [0, 0.05) is 12.6 Å². The van der Waals surface area contributed by atoms with Crippen LogP contribution in [0.1, 0.15) is 60.3 Å². The predicted octanol–water partition coefficient (Wildman–Crippen LogP) is 4.18. The van der Waals surface area contributed by atoms with Gasteiger partial charge in [-0.25, -0.2) is 0 Å². The molecule has 1 aliphatic heterocycles. The van der Waals surface area contributed by atoms with Crippen LogP contribution in [0.25, 0.3) is 0 Å². The zero-order valence-corrected chi connectivity index (χ0v) is 12.7. The summed E-state index contributed by atoms with van der Waals surface area (Å²) in [6.07, 6.45) is 5.67. The quantitative estimate of drug-likeness (QED) is 0.611. The van der Waals surface area contributed by atoms with Gasteiger partial charge in [0.1, 0.15) is 0 Å². The van der Waals surface area contributed by atoms with Crippen LogP contribution in [0.3, 0.4) is 0 Å². The van der Waals surface area contributed by atoms with Gasteiger partial charge in [-0.05, 0) is 55.4 Å². The molecule has 0 amide bonds. The number of likely N-dealkylation sites (tertiary alicyclic amines) is 1. The molecule has 0 aromatic carbocycles. The maximum atomic E-state index is 2.63. The molecule has 1 aliphatic carbocycles. The average molecular weight is 237 g/mol. The van der Waals surface area contributed by atoms with Gasteiger partial charge in [0.25, 0.3) is 0 Å². The van der Waals surface area contributed by atoms with E-state index >= 15 is 0 Å². The fourth-order valence-corrected chi connectivity index (χ4v) is 4.07. The molecule has 1 saturated carbocycles. The van der Waals surface area contributed by atoms with Gasteiger partial charge in [0.15, 0.2) is 0 Å². The van der Waals surface area contributed by atoms with Crippen LogP contribution in [0.2, 0.25) is 0 Å². The minimum atomic E-state index is 0.450. The van der Waals surface area contributed by atoms with Crippen LogP contribution in [-0.2, 0) is 0 Å². The zero-order valence-electron chi connectivity index (χ0n) is 12.7. The number of fused-ring (bicyclic) bond motifs is 2. The Bertz CT molecular complexity index is 278. The normalized spacial score (nSPS) is 44.5. The third-order valence-corrected chi connectivity index (χ3v) is 6.31. The van der Waals surface area contributed by atoms with Gasteiger partial charge in [0.2, 0.25) is 0 Å². The summed E-state index contributed by atoms with van der Waals surface area (Å²) in [6, 6.07) is 0.849. The third-order valence-electron chi connectivity index (χ3n) is 6.31. The Hall–Kier alpha value is -0.0400. The lowest BCUT2D eigenvalue weighted by molar-refractivity contribution is 0.0552. The van der Waals surface area contributed by atoms with Crippen LogP contribution in [0.5, 0.6) is 0 Å². The molecule has 1 heteroatoms. The van der Waals surface area contributed by atoms with E-state index in [9.17, 15) is 0 Å². The molecule has 4 atom stereocenters. The van der Waals surface area contributed by atoms with E-state index in [4.69, 9.17) is 0 Å². The zero-order chi connectivity index (χ0) is 12.8. The molecule has 2 bridgehead atoms. The lowest BCUT2D eigenvalue weighted by atomic mass is 9.60. The monoisotopic (exact) mass is 237 g/mol. The van der Waals surface area contributed by atoms with E-state index < -0.39 is 0 Å². The average Bonchev–Trinajstić information content (AvgIpc) is 2.49. The van der Waals surface area contributed by atoms with Crippen LogP contribution >= 0.6 is 0 Å². The molecule has 1 nitrogen and oxygen atoms in total. The Morgan fingerprint density at radius 1 is 1.12 bits per heavy atom. The summed E-state index contributed by atoms with van der Waals surface area (Å²) in [5, 5.41) is 0. The SMILES string of the molecule is CC1C2CCC(C)(C(C)(C)C)CCC1N(C)C2. The van der Waals surface area contributed by atoms with Gasteiger partial charge in [-0.2, -0.15) is 0 Å². The van der Waals surface area contributed by atoms with Crippen molar-refractivity contribution in [2.24, 2.45) is 22.7 Å². The fourth-order valence-electron chi connectivity index (χ4n) is 4.07. The maximum Gasteiger partial charge on any atom is 0.0121 e. The minimum absolute atomic E-state index is 0.450. The van der Waals surface area contributed by atoms with Crippen LogP contribution in [-0.4, -0.2) is 24.5 Å². The van der Waals surface area contributed by atoms with Crippen molar-refractivity contribution in [3.63, 3.8) is 0 Å². The summed E-state index contributed by atoms with van der Waals surface area (Å²) < 4.78 is 0. The number of hydrogen-bond donors (Lipinski definition) is 0. The summed E-state index contributed by atoms with van der Waals surface area (Å²) in [5.74, 6) is 1.87. The van der Waals surface area contributed by atoms with Crippen molar-refractivity contribution in [3.05, 3.63) is 0 Å². The molecular formula is C16H31N. The van der Waals surface area contributed by atoms with Gasteiger partial charge in [-0.1, -0.05) is 34.6 Å². The van der Waals surface area contributed by atoms with E-state index in [0.29, 0.717) is 10.8 Å². The Balaban J connectivity index is 2.16. The van der Waals surface area contributed by atoms with E-state index in [-0.39, 0.29) is 0 Å². The highest BCUT2D eigenvalue weighted by Gasteiger charge is 2.44. The van der Waals surface area contributed by atoms with Crippen LogP contribution < -0.4 is 0 Å². The second-order valence-corrected chi connectivity index (χ2v) is 8.01. The molecular weight excluding hydrogens is 206 g/mol. The van der Waals surface area contributed by atoms with Crippen molar-refractivity contribution >= 4 is 0 Å². The second kappa shape index (κ2) is 4.26. The summed E-state index contributed by atoms with van der Waals surface area (Å²) >= 11 is 0. The highest BCUT2D eigenvalue weighted by molar-refractivity contribution is 4.96. The Morgan fingerprint density at radius 3 is 2.29 bits per heavy atom. The molecule has 17 heavy (non-hydrogen) atoms. The molecule has 1 saturated heterocycles. The third kappa shape index (κ3) is 2.28. The molecule has 2 aliphatic rings. The maximum absolute atomic E-state index is 2.63. The number of rotatable bonds is 0. The van der Waals surface area contributed by atoms with Crippen LogP contribution in [0.4, 0.5) is 0 Å². The molecule has 2 rings (SSSR count). The number of nitrogens with zero attached hydrogens (tertiary/aromatic N) is 1. The van der Waals surface area contributed by atoms with Crippen molar-refractivity contribution in [1.82, 2.24) is 4.90 Å². The lowest BCUT2D eigenvalue weighted by Gasteiger charge is -2.45. The topological polar surface area (TPSA) is 3.24 Å². The highest BCUT2D eigenvalue weighted by Crippen LogP contribution is 2.50. The predicted molar refractivity (Wildman–Crippen MR) is 75.1 cm³/mol. The first-order valence-corrected chi connectivity index (χ1v) is 7.45. The Kier molecular flexibility index (Phi) is 3.36. The summed E-state index contributed by atoms with van der Waals surface area (Å²) in [5.41, 5.74) is 0.987. The summed E-state index contributed by atoms with van der Waals surface area (Å²) in [7, 11) is 2.33. The molecule has 100 valence electrons. The molecule has 2 fully saturated rings. The van der Waals surface area contributed by atoms with Crippen molar-refractivity contribution in [2.45, 2.75) is 66.3 Å². The van der Waals surface area contributed by atoms with E-state index in [2.05, 4.69) is 46.6 Å². The van der Waals surface area contributed by atoms with Gasteiger partial charge in [0.05, 0.1) is 0 Å². The molecule has 0 radical (unpaired) electrons. The van der Waals surface area contributed by atoms with Crippen LogP contribution in [0, 0.1) is 22.7 Å². The Labute approximate surface area is 108 Å². The molecule has 0 aromatic rings. The first kappa shape index (κ1) is 13.4. The van der Waals surface area contributed by atoms with E-state index in [1.807, 2.05) is 0 Å². The first-order chi connectivity index (χ1) is 7.74. The number of hydrogen-bond acceptors (Lipinski definition) is 1. The van der Waals surface area contributed by atoms with E-state index in [1.165, 1.54) is 32.2 Å². The largest absolute Gasteiger partial charge is 0.303 e. The summed E-state index contributed by atoms with van der Waals surface area (Å²) in [4.78, 5) is 2.63. The second-order valence-electron chi connectivity index (χ2n) is 8.01. The van der Waals surface area contributed by atoms with Crippen molar-refractivity contribution in [3.8, 4) is 0 Å². The molecule has 1 heterocycles. The van der Waals surface area contributed by atoms with Gasteiger partial charge < -0.3 is 4.90 Å². The standard InChI is InChI=1S/C16H31N/c1-12-13-7-9-16(5,15(2,3)4)10-8-14(12)17(6)11-13/h12-14H,7-11H2,1-6H3. The van der Waals surface area contributed by atoms with Crippen LogP contribution in [0.15, 0.2) is 0 Å². The highest BCUT2D eigenvalue weighted by atomic mass is 15.2. The van der Waals surface area contributed by atoms with Crippen molar-refractivity contribution in [2.75, 3.05) is 13.6 Å². The van der Waals surface area contributed by atoms with Crippen molar-refractivity contribution < 1.29 is 0 Å². The molecule has 0 spiro atoms. The lowest BCUT2D eigenvalue weighted by Crippen LogP contribution is -2.37. The first-order valence-electron chi connectivity index (χ1n) is 7.45. The fraction of sp³-hybridized carbons (Fsp3) is 1.00. The van der Waals surface area contributed by atoms with E-state index in [0.717, 1.165) is 17.9 Å². The Morgan fingerprint density at radius 2 is 1.71 bits per heavy atom. The summed E-state index contributed by atoms with van der Waals surface area (Å²) in [6.45, 7) is 13.7. The van der Waals surface area contributed by atoms with Gasteiger partial charge >= 0.3 is 0 Å². The van der Waals surface area contributed by atoms with E-state index in [1.54, 1.807) is 0 Å². The van der Waals surface area contributed by atoms with Crippen molar-refractivity contribution in [1.29, 1.82) is 0 Å². The smallest absolute Gasteiger partial charge is 0.0121 e. The molecule has 4 unspecified atom stereocenters. The minimum Gasteiger partial charge on any atom is -0.303 e. The van der Waals surface area contributed by atoms with Gasteiger partial charge in [-0.3, -0.25) is 0 Å². The molecule has 0 aromatic heterocycles. The molecule has 0 N–H and O–H groups in total.